The standard InChI is InChI=1S/C17H27NO3/c1-5-7-8-13-17(3,20-4)16(19)18-14-9-11-15(12-10-14)21-6-2/h9-12H,5-8,13H2,1-4H3,(H,18,19)/t17-/m0/s1. The second-order valence-corrected chi connectivity index (χ2v) is 5.30. The molecule has 0 heterocycles. The lowest BCUT2D eigenvalue weighted by molar-refractivity contribution is -0.136. The lowest BCUT2D eigenvalue weighted by Gasteiger charge is -2.27. The van der Waals surface area contributed by atoms with E-state index in [0.717, 1.165) is 37.1 Å². The van der Waals surface area contributed by atoms with Crippen LogP contribution in [0, 0.1) is 0 Å². The predicted molar refractivity (Wildman–Crippen MR) is 85.8 cm³/mol. The molecule has 1 rings (SSSR count). The zero-order chi connectivity index (χ0) is 15.7. The van der Waals surface area contributed by atoms with E-state index in [-0.39, 0.29) is 5.91 Å². The van der Waals surface area contributed by atoms with Crippen LogP contribution in [0.5, 0.6) is 5.75 Å². The zero-order valence-corrected chi connectivity index (χ0v) is 13.6. The quantitative estimate of drug-likeness (QED) is 0.700. The predicted octanol–water partition coefficient (Wildman–Crippen LogP) is 4.01. The van der Waals surface area contributed by atoms with Crippen LogP contribution in [-0.2, 0) is 9.53 Å². The lowest BCUT2D eigenvalue weighted by atomic mass is 9.97. The Morgan fingerprint density at radius 2 is 1.86 bits per heavy atom. The van der Waals surface area contributed by atoms with Crippen molar-refractivity contribution in [3.05, 3.63) is 24.3 Å². The van der Waals surface area contributed by atoms with Crippen LogP contribution < -0.4 is 10.1 Å². The van der Waals surface area contributed by atoms with Crippen LogP contribution in [0.25, 0.3) is 0 Å². The summed E-state index contributed by atoms with van der Waals surface area (Å²) in [4.78, 5) is 12.4. The molecule has 1 N–H and O–H groups in total. The van der Waals surface area contributed by atoms with Gasteiger partial charge in [-0.1, -0.05) is 26.2 Å². The third-order valence-corrected chi connectivity index (χ3v) is 3.61. The molecule has 0 aliphatic heterocycles. The van der Waals surface area contributed by atoms with Crippen molar-refractivity contribution in [3.8, 4) is 5.75 Å². The third kappa shape index (κ3) is 5.38. The van der Waals surface area contributed by atoms with Crippen molar-refractivity contribution >= 4 is 11.6 Å². The lowest BCUT2D eigenvalue weighted by Crippen LogP contribution is -2.41. The van der Waals surface area contributed by atoms with Crippen LogP contribution in [0.15, 0.2) is 24.3 Å². The van der Waals surface area contributed by atoms with Gasteiger partial charge in [0.15, 0.2) is 0 Å². The Kier molecular flexibility index (Phi) is 7.23. The maximum absolute atomic E-state index is 12.4. The summed E-state index contributed by atoms with van der Waals surface area (Å²) in [6, 6.07) is 7.37. The molecule has 1 aromatic carbocycles. The van der Waals surface area contributed by atoms with Gasteiger partial charge in [-0.25, -0.2) is 0 Å². The van der Waals surface area contributed by atoms with Crippen molar-refractivity contribution in [3.63, 3.8) is 0 Å². The van der Waals surface area contributed by atoms with Gasteiger partial charge in [-0.15, -0.1) is 0 Å². The highest BCUT2D eigenvalue weighted by Gasteiger charge is 2.32. The molecule has 21 heavy (non-hydrogen) atoms. The van der Waals surface area contributed by atoms with Crippen molar-refractivity contribution < 1.29 is 14.3 Å². The number of anilines is 1. The second kappa shape index (κ2) is 8.67. The molecule has 0 bridgehead atoms. The maximum Gasteiger partial charge on any atom is 0.256 e. The molecule has 1 atom stereocenters. The van der Waals surface area contributed by atoms with E-state index in [2.05, 4.69) is 12.2 Å². The first kappa shape index (κ1) is 17.5. The first-order valence-electron chi connectivity index (χ1n) is 7.65. The first-order valence-corrected chi connectivity index (χ1v) is 7.65. The van der Waals surface area contributed by atoms with Crippen LogP contribution in [0.3, 0.4) is 0 Å². The van der Waals surface area contributed by atoms with Gasteiger partial charge in [-0.3, -0.25) is 4.79 Å². The number of methoxy groups -OCH3 is 1. The highest BCUT2D eigenvalue weighted by molar-refractivity contribution is 5.97. The molecule has 4 nitrogen and oxygen atoms in total. The Morgan fingerprint density at radius 3 is 2.38 bits per heavy atom. The highest BCUT2D eigenvalue weighted by Crippen LogP contribution is 2.22. The number of unbranched alkanes of at least 4 members (excludes halogenated alkanes) is 2. The molecule has 0 radical (unpaired) electrons. The van der Waals surface area contributed by atoms with Crippen LogP contribution in [-0.4, -0.2) is 25.2 Å². The zero-order valence-electron chi connectivity index (χ0n) is 13.6. The number of benzene rings is 1. The molecule has 1 amide bonds. The Balaban J connectivity index is 2.64. The molecule has 0 aromatic heterocycles. The van der Waals surface area contributed by atoms with Gasteiger partial charge in [0.2, 0.25) is 0 Å². The fraction of sp³-hybridized carbons (Fsp3) is 0.588. The minimum absolute atomic E-state index is 0.106. The molecule has 0 spiro atoms. The average molecular weight is 293 g/mol. The van der Waals surface area contributed by atoms with Crippen LogP contribution >= 0.6 is 0 Å². The van der Waals surface area contributed by atoms with E-state index in [1.807, 2.05) is 38.1 Å². The van der Waals surface area contributed by atoms with E-state index in [1.165, 1.54) is 0 Å². The molecule has 0 aliphatic rings. The summed E-state index contributed by atoms with van der Waals surface area (Å²) in [5.74, 6) is 0.693. The topological polar surface area (TPSA) is 47.6 Å². The summed E-state index contributed by atoms with van der Waals surface area (Å²) in [6.45, 7) is 6.55. The van der Waals surface area contributed by atoms with Crippen molar-refractivity contribution in [1.82, 2.24) is 0 Å². The van der Waals surface area contributed by atoms with Gasteiger partial charge in [0, 0.05) is 12.8 Å². The minimum Gasteiger partial charge on any atom is -0.494 e. The number of nitrogens with one attached hydrogen (secondary N) is 1. The van der Waals surface area contributed by atoms with E-state index in [1.54, 1.807) is 7.11 Å². The molecule has 0 saturated heterocycles. The number of hydrogen-bond donors (Lipinski definition) is 1. The molecular formula is C17H27NO3. The van der Waals surface area contributed by atoms with Gasteiger partial charge in [0.25, 0.3) is 5.91 Å². The Bertz CT molecular complexity index is 430. The largest absolute Gasteiger partial charge is 0.494 e. The number of rotatable bonds is 9. The van der Waals surface area contributed by atoms with Crippen molar-refractivity contribution in [2.75, 3.05) is 19.0 Å². The summed E-state index contributed by atoms with van der Waals surface area (Å²) < 4.78 is 10.8. The fourth-order valence-electron chi connectivity index (χ4n) is 2.09. The summed E-state index contributed by atoms with van der Waals surface area (Å²) in [6.07, 6.45) is 3.94. The highest BCUT2D eigenvalue weighted by atomic mass is 16.5. The normalized spacial score (nSPS) is 13.5. The van der Waals surface area contributed by atoms with Gasteiger partial charge in [0.1, 0.15) is 11.4 Å². The van der Waals surface area contributed by atoms with E-state index in [4.69, 9.17) is 9.47 Å². The van der Waals surface area contributed by atoms with Crippen molar-refractivity contribution in [1.29, 1.82) is 0 Å². The molecule has 0 aliphatic carbocycles. The average Bonchev–Trinajstić information content (AvgIpc) is 2.49. The Morgan fingerprint density at radius 1 is 1.19 bits per heavy atom. The van der Waals surface area contributed by atoms with Gasteiger partial charge in [0.05, 0.1) is 6.61 Å². The molecule has 4 heteroatoms. The molecule has 0 saturated carbocycles. The number of ether oxygens (including phenoxy) is 2. The SMILES string of the molecule is CCCCC[C@](C)(OC)C(=O)Nc1ccc(OCC)cc1. The molecular weight excluding hydrogens is 266 g/mol. The smallest absolute Gasteiger partial charge is 0.256 e. The van der Waals surface area contributed by atoms with E-state index >= 15 is 0 Å². The fourth-order valence-corrected chi connectivity index (χ4v) is 2.09. The summed E-state index contributed by atoms with van der Waals surface area (Å²) >= 11 is 0. The second-order valence-electron chi connectivity index (χ2n) is 5.30. The number of carbonyl (C=O) groups is 1. The van der Waals surface area contributed by atoms with Gasteiger partial charge in [-0.2, -0.15) is 0 Å². The van der Waals surface area contributed by atoms with Crippen LogP contribution in [0.2, 0.25) is 0 Å². The van der Waals surface area contributed by atoms with Gasteiger partial charge < -0.3 is 14.8 Å². The molecule has 0 unspecified atom stereocenters. The maximum atomic E-state index is 12.4. The van der Waals surface area contributed by atoms with Crippen LogP contribution in [0.4, 0.5) is 5.69 Å². The Labute approximate surface area is 127 Å². The third-order valence-electron chi connectivity index (χ3n) is 3.61. The monoisotopic (exact) mass is 293 g/mol. The van der Waals surface area contributed by atoms with Gasteiger partial charge >= 0.3 is 0 Å². The number of amides is 1. The number of carbonyl (C=O) groups excluding carboxylic acids is 1. The van der Waals surface area contributed by atoms with E-state index < -0.39 is 5.60 Å². The minimum atomic E-state index is -0.784. The van der Waals surface area contributed by atoms with E-state index in [9.17, 15) is 4.79 Å². The van der Waals surface area contributed by atoms with Gasteiger partial charge in [-0.05, 0) is 44.5 Å². The number of hydrogen-bond acceptors (Lipinski definition) is 3. The van der Waals surface area contributed by atoms with Crippen LogP contribution in [0.1, 0.15) is 46.5 Å². The van der Waals surface area contributed by atoms with Crippen molar-refractivity contribution in [2.45, 2.75) is 52.1 Å². The summed E-state index contributed by atoms with van der Waals surface area (Å²) in [7, 11) is 1.59. The summed E-state index contributed by atoms with van der Waals surface area (Å²) in [5, 5.41) is 2.91. The Hall–Kier alpha value is -1.55. The van der Waals surface area contributed by atoms with Crippen molar-refractivity contribution in [2.24, 2.45) is 0 Å². The molecule has 0 fully saturated rings. The molecule has 118 valence electrons. The first-order chi connectivity index (χ1) is 10.1. The molecule has 1 aromatic rings. The summed E-state index contributed by atoms with van der Waals surface area (Å²) in [5.41, 5.74) is -0.0319. The van der Waals surface area contributed by atoms with E-state index in [0.29, 0.717) is 6.61 Å².